The van der Waals surface area contributed by atoms with Gasteiger partial charge in [0.15, 0.2) is 23.3 Å². The molecule has 66 heavy (non-hydrogen) atoms. The third-order valence-corrected chi connectivity index (χ3v) is 11.7. The van der Waals surface area contributed by atoms with Gasteiger partial charge in [-0.25, -0.2) is 24.9 Å². The van der Waals surface area contributed by atoms with Crippen LogP contribution in [0.25, 0.3) is 113 Å². The number of benzene rings is 9. The van der Waals surface area contributed by atoms with Gasteiger partial charge < -0.3 is 0 Å². The second-order valence-corrected chi connectivity index (χ2v) is 16.1. The minimum absolute atomic E-state index is 0.601. The first kappa shape index (κ1) is 39.9. The predicted molar refractivity (Wildman–Crippen MR) is 270 cm³/mol. The lowest BCUT2D eigenvalue weighted by Crippen LogP contribution is -2.00. The lowest BCUT2D eigenvalue weighted by atomic mass is 9.94. The van der Waals surface area contributed by atoms with Crippen molar-refractivity contribution in [1.29, 1.82) is 0 Å². The molecular weight excluding hydrogens is 803 g/mol. The standard InChI is InChI=1S/C61H41N5/c1-6-18-42(19-7-1)45-32-34-48(35-33-45)60-64-59(47-26-14-5-15-27-47)65-61(66-60)52-31-17-29-50(37-52)49-28-16-30-51(36-49)56-41-57(63-58(62-56)46-24-12-4-13-25-46)55-39-53(43-20-8-2-9-21-43)38-54(40-55)44-22-10-3-11-23-44/h1-41H. The molecule has 11 aromatic rings. The summed E-state index contributed by atoms with van der Waals surface area (Å²) in [5, 5.41) is 0. The SMILES string of the molecule is c1ccc(-c2ccc(-c3nc(-c4ccccc4)nc(-c4cccc(-c5cccc(-c6cc(-c7cc(-c8ccccc8)cc(-c8ccccc8)c7)nc(-c7ccccc7)n6)c5)c4)n3)cc2)cc1. The predicted octanol–water partition coefficient (Wildman–Crippen LogP) is 15.3. The third kappa shape index (κ3) is 8.57. The van der Waals surface area contributed by atoms with Crippen LogP contribution in [-0.2, 0) is 0 Å². The summed E-state index contributed by atoms with van der Waals surface area (Å²) < 4.78 is 0. The normalized spacial score (nSPS) is 11.0. The van der Waals surface area contributed by atoms with Gasteiger partial charge in [0.2, 0.25) is 0 Å². The number of aromatic nitrogens is 5. The van der Waals surface area contributed by atoms with Gasteiger partial charge in [-0.05, 0) is 80.9 Å². The highest BCUT2D eigenvalue weighted by molar-refractivity contribution is 5.83. The Kier molecular flexibility index (Phi) is 10.9. The minimum Gasteiger partial charge on any atom is -0.228 e. The summed E-state index contributed by atoms with van der Waals surface area (Å²) in [7, 11) is 0. The first-order chi connectivity index (χ1) is 32.7. The molecule has 0 unspecified atom stereocenters. The molecule has 0 amide bonds. The largest absolute Gasteiger partial charge is 0.228 e. The van der Waals surface area contributed by atoms with Gasteiger partial charge in [-0.1, -0.05) is 212 Å². The molecular formula is C61H41N5. The Morgan fingerprint density at radius 1 is 0.152 bits per heavy atom. The molecule has 11 rings (SSSR count). The van der Waals surface area contributed by atoms with E-state index in [1.165, 1.54) is 0 Å². The summed E-state index contributed by atoms with van der Waals surface area (Å²) in [6.45, 7) is 0. The number of rotatable bonds is 10. The zero-order chi connectivity index (χ0) is 44.1. The Labute approximate surface area is 384 Å². The van der Waals surface area contributed by atoms with Gasteiger partial charge in [-0.15, -0.1) is 0 Å². The lowest BCUT2D eigenvalue weighted by molar-refractivity contribution is 1.07. The molecule has 310 valence electrons. The van der Waals surface area contributed by atoms with Crippen molar-refractivity contribution in [3.05, 3.63) is 249 Å². The molecule has 0 bridgehead atoms. The molecule has 2 aromatic heterocycles. The molecule has 0 spiro atoms. The van der Waals surface area contributed by atoms with Crippen LogP contribution in [0.5, 0.6) is 0 Å². The van der Waals surface area contributed by atoms with Crippen molar-refractivity contribution in [2.45, 2.75) is 0 Å². The molecule has 0 N–H and O–H groups in total. The maximum Gasteiger partial charge on any atom is 0.164 e. The van der Waals surface area contributed by atoms with Crippen LogP contribution in [0.3, 0.4) is 0 Å². The first-order valence-electron chi connectivity index (χ1n) is 22.1. The van der Waals surface area contributed by atoms with E-state index in [0.717, 1.165) is 89.3 Å². The van der Waals surface area contributed by atoms with Crippen LogP contribution in [0.2, 0.25) is 0 Å². The van der Waals surface area contributed by atoms with E-state index in [2.05, 4.69) is 194 Å². The van der Waals surface area contributed by atoms with Crippen LogP contribution < -0.4 is 0 Å². The van der Waals surface area contributed by atoms with Gasteiger partial charge in [-0.2, -0.15) is 0 Å². The minimum atomic E-state index is 0.601. The lowest BCUT2D eigenvalue weighted by Gasteiger charge is -2.14. The average molecular weight is 844 g/mol. The number of hydrogen-bond donors (Lipinski definition) is 0. The van der Waals surface area contributed by atoms with E-state index in [0.29, 0.717) is 23.3 Å². The van der Waals surface area contributed by atoms with Gasteiger partial charge in [0.1, 0.15) is 0 Å². The molecule has 5 nitrogen and oxygen atoms in total. The van der Waals surface area contributed by atoms with Crippen molar-refractivity contribution < 1.29 is 0 Å². The van der Waals surface area contributed by atoms with Crippen LogP contribution in [0.1, 0.15) is 0 Å². The molecule has 0 atom stereocenters. The monoisotopic (exact) mass is 843 g/mol. The van der Waals surface area contributed by atoms with E-state index in [1.54, 1.807) is 0 Å². The first-order valence-corrected chi connectivity index (χ1v) is 22.1. The zero-order valence-corrected chi connectivity index (χ0v) is 35.9. The Morgan fingerprint density at radius 3 is 0.909 bits per heavy atom. The van der Waals surface area contributed by atoms with E-state index in [9.17, 15) is 0 Å². The van der Waals surface area contributed by atoms with Gasteiger partial charge in [0.25, 0.3) is 0 Å². The van der Waals surface area contributed by atoms with Crippen LogP contribution >= 0.6 is 0 Å². The second kappa shape index (κ2) is 18.0. The maximum absolute atomic E-state index is 5.24. The van der Waals surface area contributed by atoms with E-state index in [-0.39, 0.29) is 0 Å². The van der Waals surface area contributed by atoms with E-state index in [4.69, 9.17) is 24.9 Å². The fraction of sp³-hybridized carbons (Fsp3) is 0. The van der Waals surface area contributed by atoms with Gasteiger partial charge in [0.05, 0.1) is 11.4 Å². The fourth-order valence-corrected chi connectivity index (χ4v) is 8.32. The molecule has 0 saturated carbocycles. The van der Waals surface area contributed by atoms with Crippen molar-refractivity contribution in [2.75, 3.05) is 0 Å². The van der Waals surface area contributed by atoms with Crippen molar-refractivity contribution in [2.24, 2.45) is 0 Å². The molecule has 0 radical (unpaired) electrons. The molecule has 0 aliphatic heterocycles. The Hall–Kier alpha value is -8.93. The fourth-order valence-electron chi connectivity index (χ4n) is 8.32. The van der Waals surface area contributed by atoms with Crippen LogP contribution in [-0.4, -0.2) is 24.9 Å². The summed E-state index contributed by atoms with van der Waals surface area (Å²) in [5.41, 5.74) is 16.3. The van der Waals surface area contributed by atoms with Gasteiger partial charge in [-0.3, -0.25) is 0 Å². The highest BCUT2D eigenvalue weighted by Gasteiger charge is 2.16. The van der Waals surface area contributed by atoms with Crippen LogP contribution in [0.4, 0.5) is 0 Å². The second-order valence-electron chi connectivity index (χ2n) is 16.1. The average Bonchev–Trinajstić information content (AvgIpc) is 3.42. The quantitative estimate of drug-likeness (QED) is 0.137. The molecule has 0 saturated heterocycles. The third-order valence-electron chi connectivity index (χ3n) is 11.7. The topological polar surface area (TPSA) is 64.5 Å². The van der Waals surface area contributed by atoms with Crippen molar-refractivity contribution in [3.63, 3.8) is 0 Å². The molecule has 9 aromatic carbocycles. The van der Waals surface area contributed by atoms with Crippen LogP contribution in [0, 0.1) is 0 Å². The highest BCUT2D eigenvalue weighted by atomic mass is 15.0. The van der Waals surface area contributed by atoms with Gasteiger partial charge >= 0.3 is 0 Å². The van der Waals surface area contributed by atoms with Crippen molar-refractivity contribution in [3.8, 4) is 113 Å². The van der Waals surface area contributed by atoms with Crippen molar-refractivity contribution >= 4 is 0 Å². The molecule has 0 aliphatic rings. The molecule has 0 aliphatic carbocycles. The summed E-state index contributed by atoms with van der Waals surface area (Å²) in [4.78, 5) is 25.6. The molecule has 0 fully saturated rings. The van der Waals surface area contributed by atoms with E-state index >= 15 is 0 Å². The number of hydrogen-bond acceptors (Lipinski definition) is 5. The maximum atomic E-state index is 5.24. The summed E-state index contributed by atoms with van der Waals surface area (Å²) in [6.07, 6.45) is 0. The van der Waals surface area contributed by atoms with Crippen molar-refractivity contribution in [1.82, 2.24) is 24.9 Å². The molecule has 2 heterocycles. The van der Waals surface area contributed by atoms with Crippen LogP contribution in [0.15, 0.2) is 249 Å². The Bertz CT molecular complexity index is 3370. The summed E-state index contributed by atoms with van der Waals surface area (Å²) in [6, 6.07) is 86.0. The Morgan fingerprint density at radius 2 is 0.424 bits per heavy atom. The zero-order valence-electron chi connectivity index (χ0n) is 35.9. The van der Waals surface area contributed by atoms with E-state index < -0.39 is 0 Å². The molecule has 5 heteroatoms. The summed E-state index contributed by atoms with van der Waals surface area (Å²) in [5.74, 6) is 2.50. The summed E-state index contributed by atoms with van der Waals surface area (Å²) >= 11 is 0. The number of nitrogens with zero attached hydrogens (tertiary/aromatic N) is 5. The van der Waals surface area contributed by atoms with Gasteiger partial charge in [0, 0.05) is 33.4 Å². The highest BCUT2D eigenvalue weighted by Crippen LogP contribution is 2.36. The Balaban J connectivity index is 0.992. The van der Waals surface area contributed by atoms with E-state index in [1.807, 2.05) is 54.6 Å². The smallest absolute Gasteiger partial charge is 0.164 e.